The van der Waals surface area contributed by atoms with Crippen LogP contribution in [0.15, 0.2) is 27.8 Å². The fourth-order valence-corrected chi connectivity index (χ4v) is 2.40. The third-order valence-electron chi connectivity index (χ3n) is 3.52. The third kappa shape index (κ3) is 2.70. The number of H-pyrrole nitrogens is 2. The predicted octanol–water partition coefficient (Wildman–Crippen LogP) is 1.82. The summed E-state index contributed by atoms with van der Waals surface area (Å²) in [6.45, 7) is 2.16. The van der Waals surface area contributed by atoms with Crippen molar-refractivity contribution >= 4 is 16.7 Å². The molecular weight excluding hydrogens is 242 g/mol. The molecule has 1 aliphatic carbocycles. The first-order chi connectivity index (χ1) is 9.11. The average molecular weight is 259 g/mol. The summed E-state index contributed by atoms with van der Waals surface area (Å²) in [5, 5.41) is 3.43. The van der Waals surface area contributed by atoms with Gasteiger partial charge in [0, 0.05) is 11.7 Å². The molecule has 0 amide bonds. The van der Waals surface area contributed by atoms with E-state index in [2.05, 4.69) is 22.2 Å². The van der Waals surface area contributed by atoms with E-state index in [1.807, 2.05) is 12.1 Å². The second-order valence-electron chi connectivity index (χ2n) is 5.39. The first-order valence-electron chi connectivity index (χ1n) is 6.65. The second kappa shape index (κ2) is 4.57. The van der Waals surface area contributed by atoms with Crippen LogP contribution in [0.5, 0.6) is 0 Å². The van der Waals surface area contributed by atoms with E-state index in [4.69, 9.17) is 0 Å². The maximum atomic E-state index is 11.3. The van der Waals surface area contributed by atoms with Gasteiger partial charge in [0.15, 0.2) is 0 Å². The highest BCUT2D eigenvalue weighted by molar-refractivity contribution is 5.78. The highest BCUT2D eigenvalue weighted by Crippen LogP contribution is 2.34. The zero-order valence-corrected chi connectivity index (χ0v) is 10.8. The van der Waals surface area contributed by atoms with Gasteiger partial charge in [0.2, 0.25) is 0 Å². The van der Waals surface area contributed by atoms with Gasteiger partial charge >= 0.3 is 11.1 Å². The largest absolute Gasteiger partial charge is 0.383 e. The monoisotopic (exact) mass is 259 g/mol. The Kier molecular flexibility index (Phi) is 2.89. The van der Waals surface area contributed by atoms with Crippen LogP contribution in [0.3, 0.4) is 0 Å². The number of rotatable bonds is 4. The molecule has 1 atom stereocenters. The average Bonchev–Trinajstić information content (AvgIpc) is 3.15. The van der Waals surface area contributed by atoms with Crippen LogP contribution in [0.25, 0.3) is 11.0 Å². The van der Waals surface area contributed by atoms with Crippen molar-refractivity contribution in [1.82, 2.24) is 9.97 Å². The molecule has 0 spiro atoms. The van der Waals surface area contributed by atoms with Crippen molar-refractivity contribution in [2.45, 2.75) is 32.2 Å². The number of fused-ring (bicyclic) bond motifs is 1. The van der Waals surface area contributed by atoms with Crippen molar-refractivity contribution in [1.29, 1.82) is 0 Å². The molecule has 0 saturated heterocycles. The van der Waals surface area contributed by atoms with Crippen molar-refractivity contribution in [2.75, 3.05) is 5.32 Å². The molecule has 5 heteroatoms. The van der Waals surface area contributed by atoms with E-state index >= 15 is 0 Å². The highest BCUT2D eigenvalue weighted by Gasteiger charge is 2.23. The van der Waals surface area contributed by atoms with Crippen molar-refractivity contribution in [3.63, 3.8) is 0 Å². The number of hydrogen-bond donors (Lipinski definition) is 3. The normalized spacial score (nSPS) is 16.5. The zero-order chi connectivity index (χ0) is 13.4. The standard InChI is InChI=1S/C14H17N3O2/c1-8(6-9-2-3-9)15-10-4-5-11-12(7-10)17-14(19)13(18)16-11/h4-5,7-9,15H,2-3,6H2,1H3,(H,16,18)(H,17,19). The van der Waals surface area contributed by atoms with E-state index in [-0.39, 0.29) is 0 Å². The van der Waals surface area contributed by atoms with Crippen LogP contribution < -0.4 is 16.4 Å². The van der Waals surface area contributed by atoms with Gasteiger partial charge in [-0.25, -0.2) is 0 Å². The van der Waals surface area contributed by atoms with Gasteiger partial charge in [0.05, 0.1) is 11.0 Å². The molecule has 19 heavy (non-hydrogen) atoms. The molecule has 0 radical (unpaired) electrons. The molecule has 3 rings (SSSR count). The van der Waals surface area contributed by atoms with E-state index in [0.717, 1.165) is 11.6 Å². The van der Waals surface area contributed by atoms with E-state index in [1.54, 1.807) is 6.07 Å². The Morgan fingerprint density at radius 1 is 1.21 bits per heavy atom. The topological polar surface area (TPSA) is 77.8 Å². The molecule has 100 valence electrons. The third-order valence-corrected chi connectivity index (χ3v) is 3.52. The van der Waals surface area contributed by atoms with Crippen LogP contribution in [0.4, 0.5) is 5.69 Å². The molecule has 3 N–H and O–H groups in total. The molecule has 1 fully saturated rings. The minimum Gasteiger partial charge on any atom is -0.383 e. The molecule has 1 aromatic carbocycles. The van der Waals surface area contributed by atoms with Gasteiger partial charge in [-0.1, -0.05) is 12.8 Å². The van der Waals surface area contributed by atoms with Crippen LogP contribution in [0.1, 0.15) is 26.2 Å². The summed E-state index contributed by atoms with van der Waals surface area (Å²) in [7, 11) is 0. The lowest BCUT2D eigenvalue weighted by Gasteiger charge is -2.15. The molecule has 2 aromatic rings. The minimum atomic E-state index is -0.615. The molecule has 1 heterocycles. The van der Waals surface area contributed by atoms with Crippen molar-refractivity contribution in [3.05, 3.63) is 38.9 Å². The smallest absolute Gasteiger partial charge is 0.314 e. The van der Waals surface area contributed by atoms with Crippen molar-refractivity contribution in [2.24, 2.45) is 5.92 Å². The molecule has 1 aliphatic rings. The van der Waals surface area contributed by atoms with E-state index < -0.39 is 11.1 Å². The van der Waals surface area contributed by atoms with Crippen molar-refractivity contribution in [3.8, 4) is 0 Å². The number of nitrogens with one attached hydrogen (secondary N) is 3. The lowest BCUT2D eigenvalue weighted by Crippen LogP contribution is -2.28. The van der Waals surface area contributed by atoms with Crippen LogP contribution in [0.2, 0.25) is 0 Å². The Hall–Kier alpha value is -2.04. The summed E-state index contributed by atoms with van der Waals surface area (Å²) >= 11 is 0. The van der Waals surface area contributed by atoms with Gasteiger partial charge in [0.1, 0.15) is 0 Å². The Morgan fingerprint density at radius 2 is 1.89 bits per heavy atom. The first kappa shape index (κ1) is 12.0. The molecule has 1 saturated carbocycles. The number of aromatic nitrogens is 2. The van der Waals surface area contributed by atoms with Gasteiger partial charge in [-0.05, 0) is 37.5 Å². The predicted molar refractivity (Wildman–Crippen MR) is 75.6 cm³/mol. The first-order valence-corrected chi connectivity index (χ1v) is 6.65. The number of benzene rings is 1. The second-order valence-corrected chi connectivity index (χ2v) is 5.39. The zero-order valence-electron chi connectivity index (χ0n) is 10.8. The van der Waals surface area contributed by atoms with E-state index in [9.17, 15) is 9.59 Å². The number of anilines is 1. The summed E-state index contributed by atoms with van der Waals surface area (Å²) in [4.78, 5) is 27.6. The lowest BCUT2D eigenvalue weighted by molar-refractivity contribution is 0.642. The summed E-state index contributed by atoms with van der Waals surface area (Å²) in [5.74, 6) is 0.874. The Labute approximate surface area is 110 Å². The fourth-order valence-electron chi connectivity index (χ4n) is 2.40. The van der Waals surface area contributed by atoms with Crippen LogP contribution >= 0.6 is 0 Å². The lowest BCUT2D eigenvalue weighted by atomic mass is 10.1. The minimum absolute atomic E-state index is 0.416. The maximum Gasteiger partial charge on any atom is 0.314 e. The van der Waals surface area contributed by atoms with E-state index in [1.165, 1.54) is 19.3 Å². The van der Waals surface area contributed by atoms with Crippen molar-refractivity contribution < 1.29 is 0 Å². The van der Waals surface area contributed by atoms with Crippen LogP contribution in [-0.4, -0.2) is 16.0 Å². The maximum absolute atomic E-state index is 11.3. The Balaban J connectivity index is 1.85. The molecule has 0 aliphatic heterocycles. The number of aromatic amines is 2. The molecule has 5 nitrogen and oxygen atoms in total. The molecule has 1 unspecified atom stereocenters. The van der Waals surface area contributed by atoms with Crippen LogP contribution in [0, 0.1) is 5.92 Å². The van der Waals surface area contributed by atoms with E-state index in [0.29, 0.717) is 17.1 Å². The summed E-state index contributed by atoms with van der Waals surface area (Å²) in [6.07, 6.45) is 3.87. The quantitative estimate of drug-likeness (QED) is 0.733. The highest BCUT2D eigenvalue weighted by atomic mass is 16.2. The SMILES string of the molecule is CC(CC1CC1)Nc1ccc2[nH]c(=O)c(=O)[nH]c2c1. The van der Waals surface area contributed by atoms with Gasteiger partial charge in [-0.3, -0.25) is 9.59 Å². The summed E-state index contributed by atoms with van der Waals surface area (Å²) < 4.78 is 0. The van der Waals surface area contributed by atoms with Gasteiger partial charge in [-0.2, -0.15) is 0 Å². The Bertz CT molecular complexity index is 712. The van der Waals surface area contributed by atoms with Gasteiger partial charge < -0.3 is 15.3 Å². The number of hydrogen-bond acceptors (Lipinski definition) is 3. The molecule has 1 aromatic heterocycles. The van der Waals surface area contributed by atoms with Gasteiger partial charge in [0.25, 0.3) is 0 Å². The Morgan fingerprint density at radius 3 is 2.58 bits per heavy atom. The fraction of sp³-hybridized carbons (Fsp3) is 0.429. The molecule has 0 bridgehead atoms. The summed E-state index contributed by atoms with van der Waals surface area (Å²) in [5.41, 5.74) is 1.02. The van der Waals surface area contributed by atoms with Crippen LogP contribution in [-0.2, 0) is 0 Å². The summed E-state index contributed by atoms with van der Waals surface area (Å²) in [6, 6.07) is 5.99. The van der Waals surface area contributed by atoms with Gasteiger partial charge in [-0.15, -0.1) is 0 Å². The molecular formula is C14H17N3O2.